The predicted molar refractivity (Wildman–Crippen MR) is 72.0 cm³/mol. The fourth-order valence-corrected chi connectivity index (χ4v) is 1.58. The van der Waals surface area contributed by atoms with Gasteiger partial charge in [-0.3, -0.25) is 9.59 Å². The molecule has 0 rings (SSSR count). The van der Waals surface area contributed by atoms with Crippen molar-refractivity contribution in [3.05, 3.63) is 12.2 Å². The minimum atomic E-state index is -0.208. The largest absolute Gasteiger partial charge is 0.464 e. The topological polar surface area (TPSA) is 55.4 Å². The van der Waals surface area contributed by atoms with E-state index in [9.17, 15) is 9.59 Å². The second kappa shape index (κ2) is 8.72. The van der Waals surface area contributed by atoms with Crippen molar-refractivity contribution in [1.82, 2.24) is 5.32 Å². The molecule has 104 valence electrons. The molecule has 1 unspecified atom stereocenters. The van der Waals surface area contributed by atoms with Gasteiger partial charge >= 0.3 is 5.97 Å². The molecule has 0 bridgehead atoms. The van der Waals surface area contributed by atoms with Crippen molar-refractivity contribution in [3.63, 3.8) is 0 Å². The van der Waals surface area contributed by atoms with Gasteiger partial charge in [-0.25, -0.2) is 0 Å². The molecule has 0 aromatic rings. The number of hydrogen-bond acceptors (Lipinski definition) is 3. The minimum Gasteiger partial charge on any atom is -0.464 e. The van der Waals surface area contributed by atoms with E-state index in [2.05, 4.69) is 25.7 Å². The van der Waals surface area contributed by atoms with E-state index in [1.165, 1.54) is 0 Å². The Kier molecular flexibility index (Phi) is 8.08. The fraction of sp³-hybridized carbons (Fsp3) is 0.714. The highest BCUT2D eigenvalue weighted by Crippen LogP contribution is 2.16. The average Bonchev–Trinajstić information content (AvgIpc) is 2.30. The summed E-state index contributed by atoms with van der Waals surface area (Å²) in [6, 6.07) is 0. The maximum atomic E-state index is 11.7. The second-order valence-electron chi connectivity index (χ2n) is 4.94. The van der Waals surface area contributed by atoms with E-state index in [1.807, 2.05) is 6.92 Å². The number of amides is 1. The summed E-state index contributed by atoms with van der Waals surface area (Å²) in [6.45, 7) is 11.9. The first kappa shape index (κ1) is 16.7. The molecule has 0 aliphatic rings. The summed E-state index contributed by atoms with van der Waals surface area (Å²) in [4.78, 5) is 22.9. The third-order valence-electron chi connectivity index (χ3n) is 2.60. The fourth-order valence-electron chi connectivity index (χ4n) is 1.58. The standard InChI is InChI=1S/C14H25NO3/c1-6-12(9-10(2)3)14(17)18-8-7-15-13(16)11(4)5/h10,12H,4,6-9H2,1-3,5H3,(H,15,16). The third-order valence-corrected chi connectivity index (χ3v) is 2.60. The van der Waals surface area contributed by atoms with Gasteiger partial charge in [0.05, 0.1) is 12.5 Å². The van der Waals surface area contributed by atoms with Gasteiger partial charge in [0, 0.05) is 5.57 Å². The lowest BCUT2D eigenvalue weighted by Gasteiger charge is -2.16. The van der Waals surface area contributed by atoms with Crippen LogP contribution in [0.3, 0.4) is 0 Å². The summed E-state index contributed by atoms with van der Waals surface area (Å²) in [6.07, 6.45) is 1.63. The molecule has 0 saturated carbocycles. The molecule has 0 aromatic carbocycles. The van der Waals surface area contributed by atoms with E-state index in [0.29, 0.717) is 18.0 Å². The van der Waals surface area contributed by atoms with E-state index in [0.717, 1.165) is 12.8 Å². The first-order chi connectivity index (χ1) is 8.38. The molecule has 1 atom stereocenters. The van der Waals surface area contributed by atoms with Crippen LogP contribution in [0.1, 0.15) is 40.5 Å². The molecule has 0 spiro atoms. The van der Waals surface area contributed by atoms with Crippen molar-refractivity contribution in [2.45, 2.75) is 40.5 Å². The zero-order chi connectivity index (χ0) is 14.1. The maximum Gasteiger partial charge on any atom is 0.308 e. The van der Waals surface area contributed by atoms with Crippen LogP contribution in [0, 0.1) is 11.8 Å². The number of carbonyl (C=O) groups excluding carboxylic acids is 2. The van der Waals surface area contributed by atoms with Gasteiger partial charge in [-0.1, -0.05) is 27.4 Å². The highest BCUT2D eigenvalue weighted by Gasteiger charge is 2.19. The first-order valence-electron chi connectivity index (χ1n) is 6.48. The molecule has 1 amide bonds. The van der Waals surface area contributed by atoms with Gasteiger partial charge in [-0.2, -0.15) is 0 Å². The predicted octanol–water partition coefficient (Wildman–Crippen LogP) is 2.29. The Hall–Kier alpha value is -1.32. The van der Waals surface area contributed by atoms with Gasteiger partial charge in [0.1, 0.15) is 6.61 Å². The van der Waals surface area contributed by atoms with E-state index in [1.54, 1.807) is 6.92 Å². The first-order valence-corrected chi connectivity index (χ1v) is 6.48. The van der Waals surface area contributed by atoms with Crippen molar-refractivity contribution in [1.29, 1.82) is 0 Å². The Bertz CT molecular complexity index is 297. The zero-order valence-corrected chi connectivity index (χ0v) is 11.9. The highest BCUT2D eigenvalue weighted by molar-refractivity contribution is 5.92. The van der Waals surface area contributed by atoms with Gasteiger partial charge in [0.15, 0.2) is 0 Å². The summed E-state index contributed by atoms with van der Waals surface area (Å²) in [7, 11) is 0. The normalized spacial score (nSPS) is 12.1. The summed E-state index contributed by atoms with van der Waals surface area (Å²) < 4.78 is 5.14. The van der Waals surface area contributed by atoms with E-state index >= 15 is 0 Å². The van der Waals surface area contributed by atoms with Gasteiger partial charge in [0.25, 0.3) is 0 Å². The van der Waals surface area contributed by atoms with Crippen molar-refractivity contribution >= 4 is 11.9 Å². The second-order valence-corrected chi connectivity index (χ2v) is 4.94. The number of rotatable bonds is 8. The molecule has 4 nitrogen and oxygen atoms in total. The Balaban J connectivity index is 3.88. The number of ether oxygens (including phenoxy) is 1. The van der Waals surface area contributed by atoms with Crippen LogP contribution < -0.4 is 5.32 Å². The average molecular weight is 255 g/mol. The van der Waals surface area contributed by atoms with Crippen LogP contribution in [0.5, 0.6) is 0 Å². The van der Waals surface area contributed by atoms with Gasteiger partial charge < -0.3 is 10.1 Å². The molecule has 0 aliphatic carbocycles. The van der Waals surface area contributed by atoms with Crippen LogP contribution >= 0.6 is 0 Å². The van der Waals surface area contributed by atoms with Crippen LogP contribution in [-0.2, 0) is 14.3 Å². The molecule has 0 heterocycles. The van der Waals surface area contributed by atoms with E-state index < -0.39 is 0 Å². The molecule has 0 radical (unpaired) electrons. The van der Waals surface area contributed by atoms with Gasteiger partial charge in [0.2, 0.25) is 5.91 Å². The van der Waals surface area contributed by atoms with Crippen LogP contribution in [0.2, 0.25) is 0 Å². The Labute approximate surface area is 110 Å². The molecular weight excluding hydrogens is 230 g/mol. The minimum absolute atomic E-state index is 0.0400. The van der Waals surface area contributed by atoms with E-state index in [4.69, 9.17) is 4.74 Å². The van der Waals surface area contributed by atoms with Crippen molar-refractivity contribution in [2.75, 3.05) is 13.2 Å². The Morgan fingerprint density at radius 1 is 1.33 bits per heavy atom. The molecule has 0 fully saturated rings. The SMILES string of the molecule is C=C(C)C(=O)NCCOC(=O)C(CC)CC(C)C. The summed E-state index contributed by atoms with van der Waals surface area (Å²) in [5, 5.41) is 2.62. The zero-order valence-electron chi connectivity index (χ0n) is 11.9. The molecule has 4 heteroatoms. The maximum absolute atomic E-state index is 11.7. The Morgan fingerprint density at radius 2 is 1.94 bits per heavy atom. The lowest BCUT2D eigenvalue weighted by molar-refractivity contribution is -0.149. The smallest absolute Gasteiger partial charge is 0.308 e. The lowest BCUT2D eigenvalue weighted by Crippen LogP contribution is -2.29. The summed E-state index contributed by atoms with van der Waals surface area (Å²) in [5.41, 5.74) is 0.451. The Morgan fingerprint density at radius 3 is 2.39 bits per heavy atom. The molecule has 1 N–H and O–H groups in total. The van der Waals surface area contributed by atoms with Crippen LogP contribution in [0.15, 0.2) is 12.2 Å². The van der Waals surface area contributed by atoms with Crippen molar-refractivity contribution < 1.29 is 14.3 Å². The van der Waals surface area contributed by atoms with Crippen molar-refractivity contribution in [2.24, 2.45) is 11.8 Å². The van der Waals surface area contributed by atoms with Crippen molar-refractivity contribution in [3.8, 4) is 0 Å². The molecule has 0 aliphatic heterocycles. The lowest BCUT2D eigenvalue weighted by atomic mass is 9.95. The molecule has 0 aromatic heterocycles. The monoisotopic (exact) mass is 255 g/mol. The van der Waals surface area contributed by atoms with Crippen LogP contribution in [0.4, 0.5) is 0 Å². The van der Waals surface area contributed by atoms with Crippen LogP contribution in [-0.4, -0.2) is 25.0 Å². The van der Waals surface area contributed by atoms with Crippen LogP contribution in [0.25, 0.3) is 0 Å². The highest BCUT2D eigenvalue weighted by atomic mass is 16.5. The number of esters is 1. The van der Waals surface area contributed by atoms with Gasteiger partial charge in [-0.05, 0) is 25.7 Å². The third kappa shape index (κ3) is 7.09. The van der Waals surface area contributed by atoms with Gasteiger partial charge in [-0.15, -0.1) is 0 Å². The molecular formula is C14H25NO3. The van der Waals surface area contributed by atoms with E-state index in [-0.39, 0.29) is 24.4 Å². The number of carbonyl (C=O) groups is 2. The number of hydrogen-bond donors (Lipinski definition) is 1. The quantitative estimate of drug-likeness (QED) is 0.411. The molecule has 0 saturated heterocycles. The number of nitrogens with one attached hydrogen (secondary N) is 1. The summed E-state index contributed by atoms with van der Waals surface area (Å²) in [5.74, 6) is 0.0588. The molecule has 18 heavy (non-hydrogen) atoms. The summed E-state index contributed by atoms with van der Waals surface area (Å²) >= 11 is 0.